The van der Waals surface area contributed by atoms with Crippen molar-refractivity contribution >= 4 is 50.8 Å². The second kappa shape index (κ2) is 9.49. The van der Waals surface area contributed by atoms with Gasteiger partial charge in [-0.05, 0) is 23.6 Å². The topological polar surface area (TPSA) is 118 Å². The first kappa shape index (κ1) is 21.4. The minimum atomic E-state index is -0.286. The monoisotopic (exact) mass is 428 g/mol. The number of benzene rings is 1. The predicted octanol–water partition coefficient (Wildman–Crippen LogP) is 2.72. The van der Waals surface area contributed by atoms with Crippen LogP contribution < -0.4 is 16.0 Å². The highest BCUT2D eigenvalue weighted by Gasteiger charge is 2.13. The van der Waals surface area contributed by atoms with Crippen molar-refractivity contribution in [2.75, 3.05) is 17.7 Å². The molecule has 0 aliphatic rings. The van der Waals surface area contributed by atoms with E-state index in [4.69, 9.17) is 0 Å². The van der Waals surface area contributed by atoms with Crippen LogP contribution in [0.2, 0.25) is 0 Å². The van der Waals surface area contributed by atoms with Crippen molar-refractivity contribution in [3.8, 4) is 0 Å². The van der Waals surface area contributed by atoms with E-state index < -0.39 is 0 Å². The number of anilines is 2. The Bertz CT molecular complexity index is 1070. The zero-order valence-electron chi connectivity index (χ0n) is 17.1. The van der Waals surface area contributed by atoms with Gasteiger partial charge in [0.25, 0.3) is 0 Å². The van der Waals surface area contributed by atoms with E-state index in [1.165, 1.54) is 11.3 Å². The number of nitrogens with zero attached hydrogens (tertiary/aromatic N) is 3. The summed E-state index contributed by atoms with van der Waals surface area (Å²) in [6, 6.07) is 7.39. The smallest absolute Gasteiger partial charge is 0.239 e. The average Bonchev–Trinajstić information content (AvgIpc) is 3.34. The molecule has 3 N–H and O–H groups in total. The summed E-state index contributed by atoms with van der Waals surface area (Å²) < 4.78 is 1.81. The maximum absolute atomic E-state index is 12.3. The number of fused-ring (bicyclic) bond motifs is 1. The third-order valence-electron chi connectivity index (χ3n) is 4.41. The van der Waals surface area contributed by atoms with Gasteiger partial charge in [0.05, 0.1) is 5.52 Å². The molecule has 3 amide bonds. The van der Waals surface area contributed by atoms with Crippen molar-refractivity contribution in [2.45, 2.75) is 39.2 Å². The average molecular weight is 429 g/mol. The van der Waals surface area contributed by atoms with Crippen LogP contribution in [0.25, 0.3) is 10.9 Å². The molecule has 3 aromatic rings. The molecule has 0 spiro atoms. The lowest BCUT2D eigenvalue weighted by molar-refractivity contribution is -0.121. The molecule has 0 unspecified atom stereocenters. The molecule has 0 radical (unpaired) electrons. The SMILES string of the molecule is CNC(=O)Cn1ccc2ccc(NC(=O)CCC(=O)Nc3nnc(C(C)C)s3)cc21. The summed E-state index contributed by atoms with van der Waals surface area (Å²) in [5, 5.41) is 18.3. The summed E-state index contributed by atoms with van der Waals surface area (Å²) in [6.45, 7) is 4.20. The van der Waals surface area contributed by atoms with E-state index in [1.54, 1.807) is 13.1 Å². The van der Waals surface area contributed by atoms with E-state index in [0.717, 1.165) is 15.9 Å². The standard InChI is InChI=1S/C20H24N6O3S/c1-12(2)19-24-25-20(30-19)23-17(28)7-6-16(27)22-14-5-4-13-8-9-26(15(13)10-14)11-18(29)21-3/h4-5,8-10,12H,6-7,11H2,1-3H3,(H,21,29)(H,22,27)(H,23,25,28). The van der Waals surface area contributed by atoms with Crippen LogP contribution in [0.5, 0.6) is 0 Å². The largest absolute Gasteiger partial charge is 0.358 e. The third-order valence-corrected chi connectivity index (χ3v) is 5.55. The van der Waals surface area contributed by atoms with Crippen LogP contribution in [-0.4, -0.2) is 39.5 Å². The molecule has 0 aliphatic carbocycles. The van der Waals surface area contributed by atoms with Crippen LogP contribution in [-0.2, 0) is 20.9 Å². The first-order chi connectivity index (χ1) is 14.4. The zero-order chi connectivity index (χ0) is 21.7. The summed E-state index contributed by atoms with van der Waals surface area (Å²) in [4.78, 5) is 36.0. The van der Waals surface area contributed by atoms with E-state index in [9.17, 15) is 14.4 Å². The number of aromatic nitrogens is 3. The molecule has 9 nitrogen and oxygen atoms in total. The number of amides is 3. The van der Waals surface area contributed by atoms with E-state index >= 15 is 0 Å². The molecule has 1 aromatic carbocycles. The zero-order valence-corrected chi connectivity index (χ0v) is 17.9. The number of rotatable bonds is 8. The Balaban J connectivity index is 1.55. The minimum Gasteiger partial charge on any atom is -0.358 e. The van der Waals surface area contributed by atoms with E-state index in [-0.39, 0.29) is 43.0 Å². The van der Waals surface area contributed by atoms with Gasteiger partial charge in [-0.2, -0.15) is 0 Å². The van der Waals surface area contributed by atoms with Crippen molar-refractivity contribution in [3.63, 3.8) is 0 Å². The second-order valence-corrected chi connectivity index (χ2v) is 8.10. The van der Waals surface area contributed by atoms with Crippen molar-refractivity contribution in [3.05, 3.63) is 35.5 Å². The molecule has 3 rings (SSSR count). The number of carbonyl (C=O) groups excluding carboxylic acids is 3. The van der Waals surface area contributed by atoms with Crippen molar-refractivity contribution in [2.24, 2.45) is 0 Å². The van der Waals surface area contributed by atoms with Crippen molar-refractivity contribution < 1.29 is 14.4 Å². The Morgan fingerprint density at radius 1 is 1.03 bits per heavy atom. The van der Waals surface area contributed by atoms with Gasteiger partial charge in [-0.1, -0.05) is 31.3 Å². The van der Waals surface area contributed by atoms with Gasteiger partial charge < -0.3 is 20.5 Å². The Morgan fingerprint density at radius 3 is 2.43 bits per heavy atom. The predicted molar refractivity (Wildman–Crippen MR) is 116 cm³/mol. The maximum Gasteiger partial charge on any atom is 0.239 e. The molecule has 0 fully saturated rings. The Labute approximate surface area is 177 Å². The fourth-order valence-corrected chi connectivity index (χ4v) is 3.55. The third kappa shape index (κ3) is 5.41. The summed E-state index contributed by atoms with van der Waals surface area (Å²) in [7, 11) is 1.59. The minimum absolute atomic E-state index is 0.0394. The number of likely N-dealkylation sites (N-methyl/N-ethyl adjacent to an activating group) is 1. The highest BCUT2D eigenvalue weighted by atomic mass is 32.1. The number of nitrogens with one attached hydrogen (secondary N) is 3. The van der Waals surface area contributed by atoms with Gasteiger partial charge in [0.2, 0.25) is 22.9 Å². The molecule has 0 saturated carbocycles. The van der Waals surface area contributed by atoms with Crippen LogP contribution >= 0.6 is 11.3 Å². The normalized spacial score (nSPS) is 10.9. The van der Waals surface area contributed by atoms with E-state index in [1.807, 2.05) is 42.8 Å². The molecular formula is C20H24N6O3S. The van der Waals surface area contributed by atoms with Gasteiger partial charge in [0.1, 0.15) is 11.6 Å². The van der Waals surface area contributed by atoms with Crippen LogP contribution in [0.3, 0.4) is 0 Å². The molecular weight excluding hydrogens is 404 g/mol. The first-order valence-electron chi connectivity index (χ1n) is 9.58. The number of hydrogen-bond acceptors (Lipinski definition) is 6. The van der Waals surface area contributed by atoms with Gasteiger partial charge in [-0.15, -0.1) is 10.2 Å². The Morgan fingerprint density at radius 2 is 1.77 bits per heavy atom. The molecule has 0 saturated heterocycles. The summed E-state index contributed by atoms with van der Waals surface area (Å²) >= 11 is 1.33. The van der Waals surface area contributed by atoms with Crippen molar-refractivity contribution in [1.82, 2.24) is 20.1 Å². The molecule has 0 atom stereocenters. The fourth-order valence-electron chi connectivity index (χ4n) is 2.78. The second-order valence-electron chi connectivity index (χ2n) is 7.09. The quantitative estimate of drug-likeness (QED) is 0.510. The molecule has 158 valence electrons. The lowest BCUT2D eigenvalue weighted by atomic mass is 10.2. The van der Waals surface area contributed by atoms with Gasteiger partial charge in [-0.25, -0.2) is 0 Å². The lowest BCUT2D eigenvalue weighted by Gasteiger charge is -2.08. The highest BCUT2D eigenvalue weighted by molar-refractivity contribution is 7.15. The summed E-state index contributed by atoms with van der Waals surface area (Å²) in [6.07, 6.45) is 1.91. The number of carbonyl (C=O) groups is 3. The molecule has 0 aliphatic heterocycles. The number of hydrogen-bond donors (Lipinski definition) is 3. The van der Waals surface area contributed by atoms with Crippen LogP contribution in [0.1, 0.15) is 37.6 Å². The van der Waals surface area contributed by atoms with Gasteiger partial charge >= 0.3 is 0 Å². The maximum atomic E-state index is 12.3. The summed E-state index contributed by atoms with van der Waals surface area (Å²) in [5.41, 5.74) is 1.45. The van der Waals surface area contributed by atoms with Crippen LogP contribution in [0, 0.1) is 0 Å². The Kier molecular flexibility index (Phi) is 6.78. The lowest BCUT2D eigenvalue weighted by Crippen LogP contribution is -2.23. The molecule has 2 aromatic heterocycles. The molecule has 10 heteroatoms. The van der Waals surface area contributed by atoms with Crippen molar-refractivity contribution in [1.29, 1.82) is 0 Å². The van der Waals surface area contributed by atoms with Gasteiger partial charge in [0.15, 0.2) is 0 Å². The summed E-state index contributed by atoms with van der Waals surface area (Å²) in [5.74, 6) is -0.418. The van der Waals surface area contributed by atoms with E-state index in [2.05, 4.69) is 26.1 Å². The first-order valence-corrected chi connectivity index (χ1v) is 10.4. The van der Waals surface area contributed by atoms with E-state index in [0.29, 0.717) is 10.8 Å². The Hall–Kier alpha value is -3.27. The molecule has 2 heterocycles. The van der Waals surface area contributed by atoms with Gasteiger partial charge in [0, 0.05) is 37.7 Å². The fraction of sp³-hybridized carbons (Fsp3) is 0.350. The van der Waals surface area contributed by atoms with Crippen LogP contribution in [0.4, 0.5) is 10.8 Å². The molecule has 0 bridgehead atoms. The molecule has 30 heavy (non-hydrogen) atoms. The van der Waals surface area contributed by atoms with Crippen LogP contribution in [0.15, 0.2) is 30.5 Å². The van der Waals surface area contributed by atoms with Gasteiger partial charge in [-0.3, -0.25) is 14.4 Å². The highest BCUT2D eigenvalue weighted by Crippen LogP contribution is 2.23.